The molecule has 1 aromatic heterocycles. The molecule has 0 aliphatic carbocycles. The van der Waals surface area contributed by atoms with E-state index in [9.17, 15) is 23.9 Å². The Bertz CT molecular complexity index is 1400. The number of carbonyl (C=O) groups excluding carboxylic acids is 1. The molecule has 0 spiro atoms. The molecule has 12 heteroatoms. The smallest absolute Gasteiger partial charge is 0.496 e. The van der Waals surface area contributed by atoms with Gasteiger partial charge < -0.3 is 23.7 Å². The minimum absolute atomic E-state index is 0.0576. The molecule has 0 radical (unpaired) electrons. The van der Waals surface area contributed by atoms with Gasteiger partial charge >= 0.3 is 13.4 Å². The maximum Gasteiger partial charge on any atom is 0.524 e. The van der Waals surface area contributed by atoms with Gasteiger partial charge in [-0.15, -0.1) is 0 Å². The molecule has 206 valence electrons. The van der Waals surface area contributed by atoms with Crippen LogP contribution in [0.5, 0.6) is 17.2 Å². The van der Waals surface area contributed by atoms with Crippen LogP contribution in [0.15, 0.2) is 45.6 Å². The summed E-state index contributed by atoms with van der Waals surface area (Å²) in [7, 11) is -1.89. The fourth-order valence-corrected chi connectivity index (χ4v) is 4.79. The summed E-state index contributed by atoms with van der Waals surface area (Å²) in [5, 5.41) is 3.32. The van der Waals surface area contributed by atoms with Crippen molar-refractivity contribution in [2.75, 3.05) is 27.3 Å². The molecule has 0 unspecified atom stereocenters. The van der Waals surface area contributed by atoms with Crippen LogP contribution in [0.4, 0.5) is 5.69 Å². The van der Waals surface area contributed by atoms with E-state index in [4.69, 9.17) is 18.4 Å². The monoisotopic (exact) mass is 549 g/mol. The van der Waals surface area contributed by atoms with Crippen LogP contribution in [0.2, 0.25) is 0 Å². The molecule has 11 nitrogen and oxygen atoms in total. The number of nitrogens with one attached hydrogen (secondary N) is 1. The number of nitrogens with zero attached hydrogens (tertiary/aromatic N) is 1. The number of fused-ring (bicyclic) bond motifs is 1. The minimum Gasteiger partial charge on any atom is -0.496 e. The van der Waals surface area contributed by atoms with Gasteiger partial charge in [-0.2, -0.15) is 0 Å². The standard InChI is InChI=1S/C26H33N2O9P/c1-7-28(8-2,15-21-23(34-5)13-19(14-24(21)35-6)37-38(31,32)33)18-10-9-17-11-20(25(29)27-16(3)4)26(30)36-22(17)12-18/h9-14,16H,7-8,15H2,1-6H3,(H2-,27,29,31,32,33)/p+1. The SMILES string of the molecule is CC[N+](CC)(Cc1c(OC)cc(OP(=O)(O)O)cc1OC)c1ccc2cc(C(=O)NC(C)C)c(=O)oc2c1. The van der Waals surface area contributed by atoms with Crippen molar-refractivity contribution >= 4 is 30.4 Å². The molecule has 0 saturated carbocycles. The van der Waals surface area contributed by atoms with Crippen molar-refractivity contribution in [1.29, 1.82) is 0 Å². The molecule has 1 heterocycles. The molecule has 2 aromatic carbocycles. The highest BCUT2D eigenvalue weighted by Crippen LogP contribution is 2.43. The van der Waals surface area contributed by atoms with Crippen molar-refractivity contribution in [2.24, 2.45) is 0 Å². The van der Waals surface area contributed by atoms with Crippen molar-refractivity contribution in [1.82, 2.24) is 9.80 Å². The Morgan fingerprint density at radius 3 is 2.16 bits per heavy atom. The van der Waals surface area contributed by atoms with Gasteiger partial charge in [-0.25, -0.2) is 9.36 Å². The topological polar surface area (TPSA) is 145 Å². The van der Waals surface area contributed by atoms with Crippen molar-refractivity contribution in [3.05, 3.63) is 57.9 Å². The van der Waals surface area contributed by atoms with Crippen molar-refractivity contribution < 1.29 is 37.6 Å². The van der Waals surface area contributed by atoms with Crippen LogP contribution in [0.3, 0.4) is 0 Å². The Balaban J connectivity index is 2.09. The quantitative estimate of drug-likeness (QED) is 0.184. The number of phosphoric acid groups is 1. The zero-order valence-corrected chi connectivity index (χ0v) is 23.2. The number of rotatable bonds is 11. The highest BCUT2D eigenvalue weighted by atomic mass is 31.2. The number of benzene rings is 2. The lowest BCUT2D eigenvalue weighted by atomic mass is 10.1. The highest BCUT2D eigenvalue weighted by Gasteiger charge is 2.32. The summed E-state index contributed by atoms with van der Waals surface area (Å²) >= 11 is 0. The van der Waals surface area contributed by atoms with Gasteiger partial charge in [0.2, 0.25) is 0 Å². The summed E-state index contributed by atoms with van der Waals surface area (Å²) < 4.78 is 33.2. The van der Waals surface area contributed by atoms with Gasteiger partial charge in [0, 0.05) is 29.6 Å². The number of carbonyl (C=O) groups is 1. The maximum atomic E-state index is 12.6. The molecular formula is C26H34N2O9P+. The van der Waals surface area contributed by atoms with Crippen molar-refractivity contribution in [3.63, 3.8) is 0 Å². The average molecular weight is 550 g/mol. The second-order valence-corrected chi connectivity index (χ2v) is 10.3. The van der Waals surface area contributed by atoms with Gasteiger partial charge in [0.05, 0.1) is 32.9 Å². The lowest BCUT2D eigenvalue weighted by Gasteiger charge is -2.37. The Labute approximate surface area is 220 Å². The van der Waals surface area contributed by atoms with Crippen molar-refractivity contribution in [3.8, 4) is 17.2 Å². The number of hydrogen-bond acceptors (Lipinski definition) is 7. The molecule has 1 amide bonds. The lowest BCUT2D eigenvalue weighted by molar-refractivity contribution is 0.0939. The van der Waals surface area contributed by atoms with Crippen LogP contribution in [-0.2, 0) is 11.1 Å². The number of phosphoric ester groups is 1. The first-order valence-electron chi connectivity index (χ1n) is 12.1. The van der Waals surface area contributed by atoms with Gasteiger partial charge in [0.15, 0.2) is 0 Å². The second-order valence-electron chi connectivity index (χ2n) is 9.12. The number of hydrogen-bond donors (Lipinski definition) is 3. The van der Waals surface area contributed by atoms with Crippen LogP contribution in [-0.4, -0.2) is 49.0 Å². The van der Waals surface area contributed by atoms with Gasteiger partial charge in [0.1, 0.15) is 40.6 Å². The summed E-state index contributed by atoms with van der Waals surface area (Å²) in [5.41, 5.74) is 1.09. The molecule has 0 bridgehead atoms. The molecule has 38 heavy (non-hydrogen) atoms. The molecule has 3 rings (SSSR count). The Morgan fingerprint density at radius 1 is 1.05 bits per heavy atom. The van der Waals surface area contributed by atoms with Crippen LogP contribution in [0, 0.1) is 0 Å². The normalized spacial score (nSPS) is 12.0. The van der Waals surface area contributed by atoms with Crippen LogP contribution in [0.25, 0.3) is 11.0 Å². The number of methoxy groups -OCH3 is 2. The summed E-state index contributed by atoms with van der Waals surface area (Å²) in [5.74, 6) is 0.0969. The molecule has 0 saturated heterocycles. The number of ether oxygens (including phenoxy) is 2. The summed E-state index contributed by atoms with van der Waals surface area (Å²) in [6, 6.07) is 9.73. The zero-order valence-electron chi connectivity index (χ0n) is 22.3. The van der Waals surface area contributed by atoms with E-state index in [0.717, 1.165) is 5.69 Å². The van der Waals surface area contributed by atoms with E-state index in [-0.39, 0.29) is 17.4 Å². The minimum atomic E-state index is -4.78. The predicted octanol–water partition coefficient (Wildman–Crippen LogP) is 3.97. The van der Waals surface area contributed by atoms with E-state index in [2.05, 4.69) is 5.32 Å². The first kappa shape index (κ1) is 29.2. The molecule has 0 atom stereocenters. The lowest BCUT2D eigenvalue weighted by Crippen LogP contribution is -2.48. The summed E-state index contributed by atoms with van der Waals surface area (Å²) in [6.45, 7) is 9.34. The van der Waals surface area contributed by atoms with E-state index in [1.54, 1.807) is 6.07 Å². The summed E-state index contributed by atoms with van der Waals surface area (Å²) in [6.07, 6.45) is 0. The first-order chi connectivity index (χ1) is 17.9. The van der Waals surface area contributed by atoms with E-state index in [1.165, 1.54) is 32.4 Å². The van der Waals surface area contributed by atoms with Crippen LogP contribution >= 0.6 is 7.82 Å². The van der Waals surface area contributed by atoms with Gasteiger partial charge in [0.25, 0.3) is 5.91 Å². The number of quaternary nitrogens is 1. The molecule has 3 aromatic rings. The Morgan fingerprint density at radius 2 is 1.66 bits per heavy atom. The maximum absolute atomic E-state index is 12.6. The van der Waals surface area contributed by atoms with Crippen LogP contribution < -0.4 is 29.4 Å². The number of amides is 1. The van der Waals surface area contributed by atoms with E-state index in [1.807, 2.05) is 39.8 Å². The molecule has 3 N–H and O–H groups in total. The highest BCUT2D eigenvalue weighted by molar-refractivity contribution is 7.46. The van der Waals surface area contributed by atoms with Crippen molar-refractivity contribution in [2.45, 2.75) is 40.3 Å². The third-order valence-corrected chi connectivity index (χ3v) is 6.86. The van der Waals surface area contributed by atoms with Gasteiger partial charge in [-0.3, -0.25) is 19.1 Å². The largest absolute Gasteiger partial charge is 0.524 e. The van der Waals surface area contributed by atoms with Gasteiger partial charge in [-0.05, 0) is 45.9 Å². The zero-order chi connectivity index (χ0) is 28.3. The third-order valence-electron chi connectivity index (χ3n) is 6.41. The summed E-state index contributed by atoms with van der Waals surface area (Å²) in [4.78, 5) is 43.5. The predicted molar refractivity (Wildman–Crippen MR) is 144 cm³/mol. The molecule has 0 aliphatic rings. The third kappa shape index (κ3) is 6.36. The first-order valence-corrected chi connectivity index (χ1v) is 13.6. The van der Waals surface area contributed by atoms with E-state index in [0.29, 0.717) is 52.1 Å². The average Bonchev–Trinajstić information content (AvgIpc) is 2.85. The second kappa shape index (κ2) is 11.6. The van der Waals surface area contributed by atoms with E-state index >= 15 is 0 Å². The fraction of sp³-hybridized carbons (Fsp3) is 0.385. The Hall–Kier alpha value is -3.37. The molecule has 0 fully saturated rings. The van der Waals surface area contributed by atoms with Crippen LogP contribution in [0.1, 0.15) is 43.6 Å². The van der Waals surface area contributed by atoms with Gasteiger partial charge in [-0.1, -0.05) is 0 Å². The van der Waals surface area contributed by atoms with E-state index < -0.39 is 19.4 Å². The Kier molecular flexibility index (Phi) is 8.89. The molecule has 0 aliphatic heterocycles. The molecular weight excluding hydrogens is 515 g/mol. The fourth-order valence-electron chi connectivity index (χ4n) is 4.41.